The van der Waals surface area contributed by atoms with Crippen LogP contribution >= 0.6 is 0 Å². The van der Waals surface area contributed by atoms with Crippen LogP contribution in [-0.2, 0) is 6.54 Å². The number of imidazole rings is 1. The van der Waals surface area contributed by atoms with Crippen molar-refractivity contribution >= 4 is 0 Å². The van der Waals surface area contributed by atoms with Gasteiger partial charge in [-0.15, -0.1) is 0 Å². The van der Waals surface area contributed by atoms with Crippen LogP contribution in [0.4, 0.5) is 0 Å². The molecule has 11 heavy (non-hydrogen) atoms. The Morgan fingerprint density at radius 1 is 1.55 bits per heavy atom. The Labute approximate surface area is 74.0 Å². The van der Waals surface area contributed by atoms with E-state index in [4.69, 9.17) is 0 Å². The summed E-state index contributed by atoms with van der Waals surface area (Å²) >= 11 is 0. The molecule has 1 atom stereocenters. The Balaban J connectivity index is 0.000001000. The zero-order chi connectivity index (χ0) is 7.40. The molecular weight excluding hydrogens is 160 g/mol. The van der Waals surface area contributed by atoms with E-state index in [1.165, 1.54) is 6.42 Å². The van der Waals surface area contributed by atoms with Crippen LogP contribution in [0.3, 0.4) is 0 Å². The minimum atomic E-state index is 0. The highest BCUT2D eigenvalue weighted by atomic mass is 35.5. The number of hydrogen-bond acceptors (Lipinski definition) is 0. The number of nitrogens with one attached hydrogen (secondary N) is 1. The molecule has 0 spiro atoms. The number of H-pyrrole nitrogens is 1. The second kappa shape index (κ2) is 5.19. The maximum atomic E-state index is 3.02. The molecule has 0 amide bonds. The zero-order valence-corrected chi connectivity index (χ0v) is 7.80. The van der Waals surface area contributed by atoms with Gasteiger partial charge < -0.3 is 12.4 Å². The number of aromatic nitrogens is 2. The lowest BCUT2D eigenvalue weighted by Gasteiger charge is -2.02. The van der Waals surface area contributed by atoms with Gasteiger partial charge in [0.05, 0.1) is 6.54 Å². The summed E-state index contributed by atoms with van der Waals surface area (Å²) in [7, 11) is 0. The van der Waals surface area contributed by atoms with Crippen LogP contribution in [0.1, 0.15) is 20.3 Å². The molecule has 0 aliphatic rings. The molecule has 0 aromatic carbocycles. The van der Waals surface area contributed by atoms with Crippen LogP contribution in [0, 0.1) is 5.92 Å². The van der Waals surface area contributed by atoms with Gasteiger partial charge in [-0.05, 0) is 12.3 Å². The summed E-state index contributed by atoms with van der Waals surface area (Å²) in [5.74, 6) is 0.779. The predicted octanol–water partition coefficient (Wildman–Crippen LogP) is -1.65. The van der Waals surface area contributed by atoms with Crippen LogP contribution in [0.2, 0.25) is 0 Å². The Morgan fingerprint density at radius 2 is 2.27 bits per heavy atom. The topological polar surface area (TPSA) is 19.7 Å². The van der Waals surface area contributed by atoms with Crippen LogP contribution in [-0.4, -0.2) is 4.98 Å². The van der Waals surface area contributed by atoms with Crippen molar-refractivity contribution in [3.63, 3.8) is 0 Å². The van der Waals surface area contributed by atoms with Crippen molar-refractivity contribution in [3.05, 3.63) is 18.7 Å². The molecule has 1 heterocycles. The number of hydrogen-bond donors (Lipinski definition) is 1. The largest absolute Gasteiger partial charge is 1.00 e. The summed E-state index contributed by atoms with van der Waals surface area (Å²) in [6.07, 6.45) is 7.25. The van der Waals surface area contributed by atoms with Gasteiger partial charge >= 0.3 is 0 Å². The standard InChI is InChI=1S/C8H14N2.ClH/c1-3-8(2)6-10-5-4-9-7-10;/h4-5,7-8H,3,6H2,1-2H3;1H. The highest BCUT2D eigenvalue weighted by Crippen LogP contribution is 1.98. The van der Waals surface area contributed by atoms with E-state index in [2.05, 4.69) is 29.6 Å². The molecule has 0 aliphatic carbocycles. The first-order valence-electron chi connectivity index (χ1n) is 3.84. The summed E-state index contributed by atoms with van der Waals surface area (Å²) in [5, 5.41) is 0. The predicted molar refractivity (Wildman–Crippen MR) is 40.4 cm³/mol. The minimum absolute atomic E-state index is 0. The molecule has 0 bridgehead atoms. The zero-order valence-electron chi connectivity index (χ0n) is 7.05. The van der Waals surface area contributed by atoms with E-state index in [0.29, 0.717) is 0 Å². The molecule has 2 nitrogen and oxygen atoms in total. The second-order valence-electron chi connectivity index (χ2n) is 2.82. The van der Waals surface area contributed by atoms with E-state index in [1.54, 1.807) is 0 Å². The lowest BCUT2D eigenvalue weighted by atomic mass is 10.1. The van der Waals surface area contributed by atoms with Crippen molar-refractivity contribution in [1.82, 2.24) is 4.98 Å². The van der Waals surface area contributed by atoms with Crippen LogP contribution in [0.15, 0.2) is 18.7 Å². The van der Waals surface area contributed by atoms with E-state index >= 15 is 0 Å². The van der Waals surface area contributed by atoms with E-state index < -0.39 is 0 Å². The van der Waals surface area contributed by atoms with Gasteiger partial charge in [0.25, 0.3) is 0 Å². The minimum Gasteiger partial charge on any atom is -1.00 e. The SMILES string of the molecule is CCC(C)C[n+]1cc[nH]c1.[Cl-]. The Kier molecular flexibility index (Phi) is 4.95. The molecule has 1 N–H and O–H groups in total. The number of aromatic amines is 1. The Bertz CT molecular complexity index is 172. The molecule has 1 rings (SSSR count). The summed E-state index contributed by atoms with van der Waals surface area (Å²) in [6.45, 7) is 5.61. The first-order valence-corrected chi connectivity index (χ1v) is 3.84. The first kappa shape index (κ1) is 10.5. The molecule has 1 aromatic rings. The summed E-state index contributed by atoms with van der Waals surface area (Å²) in [4.78, 5) is 3.02. The molecular formula is C8H15ClN2. The third kappa shape index (κ3) is 3.42. The average molecular weight is 175 g/mol. The fraction of sp³-hybridized carbons (Fsp3) is 0.625. The van der Waals surface area contributed by atoms with Crippen LogP contribution in [0.25, 0.3) is 0 Å². The van der Waals surface area contributed by atoms with Crippen molar-refractivity contribution in [2.75, 3.05) is 0 Å². The van der Waals surface area contributed by atoms with Gasteiger partial charge in [0.15, 0.2) is 0 Å². The van der Waals surface area contributed by atoms with Gasteiger partial charge in [-0.3, -0.25) is 4.98 Å². The average Bonchev–Trinajstić information content (AvgIpc) is 2.40. The normalized spacial score (nSPS) is 12.2. The quantitative estimate of drug-likeness (QED) is 0.531. The van der Waals surface area contributed by atoms with Crippen molar-refractivity contribution < 1.29 is 17.0 Å². The van der Waals surface area contributed by atoms with E-state index in [1.807, 2.05) is 12.5 Å². The Morgan fingerprint density at radius 3 is 2.73 bits per heavy atom. The molecule has 0 saturated heterocycles. The number of halogens is 1. The van der Waals surface area contributed by atoms with E-state index in [-0.39, 0.29) is 12.4 Å². The van der Waals surface area contributed by atoms with Crippen LogP contribution in [0.5, 0.6) is 0 Å². The molecule has 0 aliphatic heterocycles. The lowest BCUT2D eigenvalue weighted by Crippen LogP contribution is -3.00. The van der Waals surface area contributed by atoms with Crippen molar-refractivity contribution in [2.24, 2.45) is 5.92 Å². The summed E-state index contributed by atoms with van der Waals surface area (Å²) < 4.78 is 2.17. The molecule has 0 fully saturated rings. The lowest BCUT2D eigenvalue weighted by molar-refractivity contribution is -0.701. The van der Waals surface area contributed by atoms with Gasteiger partial charge in [0, 0.05) is 0 Å². The van der Waals surface area contributed by atoms with Gasteiger partial charge in [-0.2, -0.15) is 0 Å². The molecule has 64 valence electrons. The number of rotatable bonds is 3. The van der Waals surface area contributed by atoms with Gasteiger partial charge in [-0.1, -0.05) is 13.8 Å². The highest BCUT2D eigenvalue weighted by molar-refractivity contribution is 4.56. The monoisotopic (exact) mass is 174 g/mol. The van der Waals surface area contributed by atoms with Crippen molar-refractivity contribution in [2.45, 2.75) is 26.8 Å². The third-order valence-corrected chi connectivity index (χ3v) is 1.82. The maximum Gasteiger partial charge on any atom is 0.241 e. The number of nitrogens with zero attached hydrogens (tertiary/aromatic N) is 1. The molecule has 3 heteroatoms. The van der Waals surface area contributed by atoms with E-state index in [9.17, 15) is 0 Å². The smallest absolute Gasteiger partial charge is 0.241 e. The van der Waals surface area contributed by atoms with Gasteiger partial charge in [0.1, 0.15) is 12.4 Å². The second-order valence-corrected chi connectivity index (χ2v) is 2.82. The maximum absolute atomic E-state index is 3.02. The molecule has 1 aromatic heterocycles. The van der Waals surface area contributed by atoms with E-state index in [0.717, 1.165) is 12.5 Å². The summed E-state index contributed by atoms with van der Waals surface area (Å²) in [5.41, 5.74) is 0. The van der Waals surface area contributed by atoms with Crippen LogP contribution < -0.4 is 17.0 Å². The fourth-order valence-electron chi connectivity index (χ4n) is 0.923. The Hall–Kier alpha value is -0.500. The van der Waals surface area contributed by atoms with Gasteiger partial charge in [0.2, 0.25) is 6.33 Å². The van der Waals surface area contributed by atoms with Gasteiger partial charge in [-0.25, -0.2) is 4.57 Å². The van der Waals surface area contributed by atoms with Crippen molar-refractivity contribution in [3.8, 4) is 0 Å². The molecule has 1 unspecified atom stereocenters. The first-order chi connectivity index (χ1) is 4.83. The third-order valence-electron chi connectivity index (χ3n) is 1.82. The molecule has 0 radical (unpaired) electrons. The van der Waals surface area contributed by atoms with Crippen molar-refractivity contribution in [1.29, 1.82) is 0 Å². The molecule has 0 saturated carbocycles. The fourth-order valence-corrected chi connectivity index (χ4v) is 0.923. The highest BCUT2D eigenvalue weighted by Gasteiger charge is 2.02. The summed E-state index contributed by atoms with van der Waals surface area (Å²) in [6, 6.07) is 0.